The molecule has 0 radical (unpaired) electrons. The lowest BCUT2D eigenvalue weighted by Gasteiger charge is -2.09. The Labute approximate surface area is 137 Å². The van der Waals surface area contributed by atoms with Crippen LogP contribution in [0.5, 0.6) is 5.75 Å². The van der Waals surface area contributed by atoms with Crippen LogP contribution in [0.1, 0.15) is 20.7 Å². The zero-order valence-corrected chi connectivity index (χ0v) is 12.9. The number of nitro benzene ring substituents is 1. The van der Waals surface area contributed by atoms with E-state index in [-0.39, 0.29) is 17.0 Å². The molecule has 0 aromatic heterocycles. The first-order valence-electron chi connectivity index (χ1n) is 6.78. The van der Waals surface area contributed by atoms with E-state index in [0.29, 0.717) is 11.3 Å². The fourth-order valence-corrected chi connectivity index (χ4v) is 1.99. The average Bonchev–Trinajstić information content (AvgIpc) is 2.60. The van der Waals surface area contributed by atoms with Gasteiger partial charge in [0, 0.05) is 11.8 Å². The number of carbonyl (C=O) groups excluding carboxylic acids is 2. The lowest BCUT2D eigenvalue weighted by molar-refractivity contribution is -0.384. The Morgan fingerprint density at radius 1 is 1.08 bits per heavy atom. The van der Waals surface area contributed by atoms with Gasteiger partial charge in [0.2, 0.25) is 0 Å². The second-order valence-electron chi connectivity index (χ2n) is 4.66. The fourth-order valence-electron chi connectivity index (χ4n) is 1.99. The zero-order valence-electron chi connectivity index (χ0n) is 12.9. The summed E-state index contributed by atoms with van der Waals surface area (Å²) < 4.78 is 9.62. The molecule has 2 aromatic carbocycles. The third kappa shape index (κ3) is 3.67. The van der Waals surface area contributed by atoms with Crippen LogP contribution in [-0.4, -0.2) is 31.0 Å². The fraction of sp³-hybridized carbons (Fsp3) is 0.125. The molecule has 0 unspecified atom stereocenters. The smallest absolute Gasteiger partial charge is 0.337 e. The van der Waals surface area contributed by atoms with Crippen LogP contribution < -0.4 is 10.1 Å². The highest BCUT2D eigenvalue weighted by atomic mass is 16.6. The summed E-state index contributed by atoms with van der Waals surface area (Å²) in [6.45, 7) is 0. The minimum Gasteiger partial charge on any atom is -0.496 e. The van der Waals surface area contributed by atoms with Gasteiger partial charge in [-0.3, -0.25) is 14.9 Å². The summed E-state index contributed by atoms with van der Waals surface area (Å²) >= 11 is 0. The van der Waals surface area contributed by atoms with Crippen LogP contribution in [0.3, 0.4) is 0 Å². The van der Waals surface area contributed by atoms with E-state index in [9.17, 15) is 19.7 Å². The van der Waals surface area contributed by atoms with E-state index in [0.717, 1.165) is 0 Å². The summed E-state index contributed by atoms with van der Waals surface area (Å²) in [6, 6.07) is 9.81. The van der Waals surface area contributed by atoms with Gasteiger partial charge in [0.05, 0.1) is 36.3 Å². The van der Waals surface area contributed by atoms with Crippen molar-refractivity contribution in [2.75, 3.05) is 19.5 Å². The number of benzene rings is 2. The molecule has 0 atom stereocenters. The van der Waals surface area contributed by atoms with E-state index in [1.54, 1.807) is 12.1 Å². The van der Waals surface area contributed by atoms with Crippen molar-refractivity contribution in [3.05, 3.63) is 63.7 Å². The van der Waals surface area contributed by atoms with Crippen molar-refractivity contribution in [3.63, 3.8) is 0 Å². The SMILES string of the molecule is COC(=O)c1ccc(NC(=O)c2ccc([N+](=O)[O-])cc2OC)cc1. The number of hydrogen-bond acceptors (Lipinski definition) is 6. The largest absolute Gasteiger partial charge is 0.496 e. The van der Waals surface area contributed by atoms with Crippen LogP contribution in [-0.2, 0) is 4.74 Å². The number of hydrogen-bond donors (Lipinski definition) is 1. The number of esters is 1. The van der Waals surface area contributed by atoms with Gasteiger partial charge in [0.1, 0.15) is 5.75 Å². The van der Waals surface area contributed by atoms with Gasteiger partial charge < -0.3 is 14.8 Å². The molecule has 124 valence electrons. The van der Waals surface area contributed by atoms with Gasteiger partial charge in [-0.25, -0.2) is 4.79 Å². The van der Waals surface area contributed by atoms with Crippen LogP contribution >= 0.6 is 0 Å². The predicted molar refractivity (Wildman–Crippen MR) is 85.4 cm³/mol. The Morgan fingerprint density at radius 3 is 2.29 bits per heavy atom. The molecule has 0 bridgehead atoms. The number of ether oxygens (including phenoxy) is 2. The summed E-state index contributed by atoms with van der Waals surface area (Å²) in [6.07, 6.45) is 0. The molecule has 1 N–H and O–H groups in total. The van der Waals surface area contributed by atoms with E-state index >= 15 is 0 Å². The maximum absolute atomic E-state index is 12.3. The molecule has 2 aromatic rings. The van der Waals surface area contributed by atoms with Crippen LogP contribution in [0.25, 0.3) is 0 Å². The third-order valence-corrected chi connectivity index (χ3v) is 3.20. The Morgan fingerprint density at radius 2 is 1.75 bits per heavy atom. The molecule has 0 spiro atoms. The normalized spacial score (nSPS) is 9.92. The lowest BCUT2D eigenvalue weighted by atomic mass is 10.1. The third-order valence-electron chi connectivity index (χ3n) is 3.20. The van der Waals surface area contributed by atoms with Gasteiger partial charge in [0.15, 0.2) is 0 Å². The van der Waals surface area contributed by atoms with Crippen LogP contribution in [0, 0.1) is 10.1 Å². The minimum atomic E-state index is -0.574. The first-order valence-corrected chi connectivity index (χ1v) is 6.78. The zero-order chi connectivity index (χ0) is 17.7. The maximum Gasteiger partial charge on any atom is 0.337 e. The number of nitro groups is 1. The number of nitrogens with one attached hydrogen (secondary N) is 1. The van der Waals surface area contributed by atoms with Crippen molar-refractivity contribution >= 4 is 23.3 Å². The van der Waals surface area contributed by atoms with Gasteiger partial charge in [0.25, 0.3) is 11.6 Å². The summed E-state index contributed by atoms with van der Waals surface area (Å²) in [5.74, 6) is -0.884. The van der Waals surface area contributed by atoms with Gasteiger partial charge in [-0.1, -0.05) is 0 Å². The Bertz CT molecular complexity index is 786. The molecular formula is C16H14N2O6. The average molecular weight is 330 g/mol. The van der Waals surface area contributed by atoms with Crippen molar-refractivity contribution in [2.24, 2.45) is 0 Å². The number of amides is 1. The summed E-state index contributed by atoms with van der Waals surface area (Å²) in [5, 5.41) is 13.4. The second-order valence-corrected chi connectivity index (χ2v) is 4.66. The molecule has 8 nitrogen and oxygen atoms in total. The van der Waals surface area contributed by atoms with E-state index in [4.69, 9.17) is 4.74 Å². The van der Waals surface area contributed by atoms with Gasteiger partial charge in [-0.15, -0.1) is 0 Å². The number of methoxy groups -OCH3 is 2. The first-order chi connectivity index (χ1) is 11.5. The Hall–Kier alpha value is -3.42. The highest BCUT2D eigenvalue weighted by molar-refractivity contribution is 6.06. The van der Waals surface area contributed by atoms with Crippen molar-refractivity contribution in [1.29, 1.82) is 0 Å². The molecular weight excluding hydrogens is 316 g/mol. The monoisotopic (exact) mass is 330 g/mol. The van der Waals surface area contributed by atoms with E-state index in [1.165, 1.54) is 44.6 Å². The molecule has 0 aliphatic rings. The quantitative estimate of drug-likeness (QED) is 0.513. The molecule has 8 heteroatoms. The summed E-state index contributed by atoms with van der Waals surface area (Å²) in [4.78, 5) is 33.8. The van der Waals surface area contributed by atoms with Crippen LogP contribution in [0.2, 0.25) is 0 Å². The van der Waals surface area contributed by atoms with Gasteiger partial charge in [-0.05, 0) is 30.3 Å². The second kappa shape index (κ2) is 7.23. The molecule has 0 aliphatic carbocycles. The molecule has 0 fully saturated rings. The van der Waals surface area contributed by atoms with Gasteiger partial charge >= 0.3 is 5.97 Å². The number of carbonyl (C=O) groups is 2. The minimum absolute atomic E-state index is 0.0906. The topological polar surface area (TPSA) is 108 Å². The first kappa shape index (κ1) is 16.9. The molecule has 24 heavy (non-hydrogen) atoms. The molecule has 0 aliphatic heterocycles. The van der Waals surface area contributed by atoms with Crippen molar-refractivity contribution < 1.29 is 24.0 Å². The summed E-state index contributed by atoms with van der Waals surface area (Å²) in [5.41, 5.74) is 0.780. The van der Waals surface area contributed by atoms with E-state index in [1.807, 2.05) is 0 Å². The molecule has 0 heterocycles. The van der Waals surface area contributed by atoms with Crippen molar-refractivity contribution in [1.82, 2.24) is 0 Å². The van der Waals surface area contributed by atoms with E-state index < -0.39 is 16.8 Å². The van der Waals surface area contributed by atoms with E-state index in [2.05, 4.69) is 10.1 Å². The lowest BCUT2D eigenvalue weighted by Crippen LogP contribution is -2.13. The van der Waals surface area contributed by atoms with Crippen molar-refractivity contribution in [2.45, 2.75) is 0 Å². The van der Waals surface area contributed by atoms with Crippen molar-refractivity contribution in [3.8, 4) is 5.75 Å². The van der Waals surface area contributed by atoms with Crippen LogP contribution in [0.4, 0.5) is 11.4 Å². The number of rotatable bonds is 5. The highest BCUT2D eigenvalue weighted by Gasteiger charge is 2.17. The van der Waals surface area contributed by atoms with Crippen LogP contribution in [0.15, 0.2) is 42.5 Å². The molecule has 0 saturated carbocycles. The Balaban J connectivity index is 2.20. The molecule has 0 saturated heterocycles. The molecule has 1 amide bonds. The van der Waals surface area contributed by atoms with Gasteiger partial charge in [-0.2, -0.15) is 0 Å². The Kier molecular flexibility index (Phi) is 5.10. The number of anilines is 1. The molecule has 2 rings (SSSR count). The number of non-ortho nitro benzene ring substituents is 1. The summed E-state index contributed by atoms with van der Waals surface area (Å²) in [7, 11) is 2.60. The highest BCUT2D eigenvalue weighted by Crippen LogP contribution is 2.25. The maximum atomic E-state index is 12.3. The standard InChI is InChI=1S/C16H14N2O6/c1-23-14-9-12(18(21)22)7-8-13(14)15(19)17-11-5-3-10(4-6-11)16(20)24-2/h3-9H,1-2H3,(H,17,19). The number of nitrogens with zero attached hydrogens (tertiary/aromatic N) is 1. The predicted octanol–water partition coefficient (Wildman–Crippen LogP) is 2.64.